The summed E-state index contributed by atoms with van der Waals surface area (Å²) in [5.41, 5.74) is 4.39. The summed E-state index contributed by atoms with van der Waals surface area (Å²) in [5, 5.41) is 0. The molecular formula is C22H40N+. The lowest BCUT2D eigenvalue weighted by Crippen LogP contribution is -2.25. The van der Waals surface area contributed by atoms with Gasteiger partial charge in [-0.3, -0.25) is 0 Å². The van der Waals surface area contributed by atoms with Gasteiger partial charge in [-0.1, -0.05) is 51.2 Å². The Kier molecular flexibility index (Phi) is 6.92. The molecule has 2 aliphatic carbocycles. The van der Waals surface area contributed by atoms with Gasteiger partial charge in [-0.2, -0.15) is 0 Å². The van der Waals surface area contributed by atoms with E-state index in [1.165, 1.54) is 64.2 Å². The van der Waals surface area contributed by atoms with Crippen molar-refractivity contribution in [1.29, 1.82) is 0 Å². The van der Waals surface area contributed by atoms with Crippen molar-refractivity contribution in [1.82, 2.24) is 0 Å². The van der Waals surface area contributed by atoms with Gasteiger partial charge in [-0.25, -0.2) is 4.58 Å². The molecule has 132 valence electrons. The lowest BCUT2D eigenvalue weighted by Gasteiger charge is -2.33. The third-order valence-corrected chi connectivity index (χ3v) is 6.58. The van der Waals surface area contributed by atoms with Crippen LogP contribution < -0.4 is 0 Å². The van der Waals surface area contributed by atoms with Crippen LogP contribution in [-0.4, -0.2) is 24.4 Å². The molecule has 1 heteroatoms. The zero-order chi connectivity index (χ0) is 16.9. The van der Waals surface area contributed by atoms with Crippen molar-refractivity contribution < 1.29 is 4.58 Å². The summed E-state index contributed by atoms with van der Waals surface area (Å²) in [6.45, 7) is 16.0. The van der Waals surface area contributed by atoms with Gasteiger partial charge in [0, 0.05) is 5.92 Å². The highest BCUT2D eigenvalue weighted by molar-refractivity contribution is 5.25. The molecule has 2 unspecified atom stereocenters. The molecule has 0 aromatic rings. The maximum absolute atomic E-state index is 4.24. The van der Waals surface area contributed by atoms with E-state index in [-0.39, 0.29) is 0 Å². The van der Waals surface area contributed by atoms with Gasteiger partial charge in [0.2, 0.25) is 0 Å². The van der Waals surface area contributed by atoms with Gasteiger partial charge in [0.05, 0.1) is 0 Å². The minimum atomic E-state index is 0.639. The predicted molar refractivity (Wildman–Crippen MR) is 102 cm³/mol. The van der Waals surface area contributed by atoms with Crippen LogP contribution in [0.5, 0.6) is 0 Å². The molecule has 1 nitrogen and oxygen atoms in total. The first kappa shape index (κ1) is 18.7. The van der Waals surface area contributed by atoms with E-state index >= 15 is 0 Å². The average molecular weight is 319 g/mol. The summed E-state index contributed by atoms with van der Waals surface area (Å²) in [4.78, 5) is 0. The van der Waals surface area contributed by atoms with Gasteiger partial charge < -0.3 is 0 Å². The van der Waals surface area contributed by atoms with Gasteiger partial charge in [-0.15, -0.1) is 0 Å². The molecule has 0 radical (unpaired) electrons. The fraction of sp³-hybridized carbons (Fsp3) is 0.864. The van der Waals surface area contributed by atoms with E-state index in [4.69, 9.17) is 0 Å². The number of hydrogen-bond donors (Lipinski definition) is 0. The molecule has 2 aliphatic rings. The topological polar surface area (TPSA) is 3.01 Å². The minimum Gasteiger partial charge on any atom is -0.242 e. The second-order valence-electron chi connectivity index (χ2n) is 8.38. The van der Waals surface area contributed by atoms with Gasteiger partial charge in [-0.05, 0) is 63.2 Å². The highest BCUT2D eigenvalue weighted by atomic mass is 15.0. The van der Waals surface area contributed by atoms with E-state index < -0.39 is 0 Å². The summed E-state index contributed by atoms with van der Waals surface area (Å²) < 4.78 is 2.28. The summed E-state index contributed by atoms with van der Waals surface area (Å²) in [5.74, 6) is 1.61. The highest BCUT2D eigenvalue weighted by Gasteiger charge is 2.46. The van der Waals surface area contributed by atoms with Crippen molar-refractivity contribution in [2.45, 2.75) is 91.9 Å². The van der Waals surface area contributed by atoms with E-state index in [2.05, 4.69) is 39.0 Å². The van der Waals surface area contributed by atoms with Crippen molar-refractivity contribution in [2.24, 2.45) is 17.3 Å². The van der Waals surface area contributed by atoms with E-state index in [0.29, 0.717) is 5.41 Å². The molecule has 0 saturated heterocycles. The van der Waals surface area contributed by atoms with Crippen molar-refractivity contribution in [2.75, 3.05) is 13.1 Å². The Morgan fingerprint density at radius 1 is 1.17 bits per heavy atom. The van der Waals surface area contributed by atoms with Crippen molar-refractivity contribution in [3.05, 3.63) is 11.1 Å². The van der Waals surface area contributed by atoms with Gasteiger partial charge >= 0.3 is 0 Å². The Balaban J connectivity index is 2.35. The molecule has 2 atom stereocenters. The minimum absolute atomic E-state index is 0.639. The number of allylic oxidation sites excluding steroid dienone is 1. The van der Waals surface area contributed by atoms with Gasteiger partial charge in [0.15, 0.2) is 0 Å². The predicted octanol–water partition coefficient (Wildman–Crippen LogP) is 6.22. The maximum atomic E-state index is 4.24. The normalized spacial score (nSPS) is 28.8. The molecule has 0 aromatic carbocycles. The number of nitrogens with zero attached hydrogens (tertiary/aromatic N) is 1. The highest BCUT2D eigenvalue weighted by Crippen LogP contribution is 2.57. The molecule has 1 fully saturated rings. The van der Waals surface area contributed by atoms with Crippen LogP contribution >= 0.6 is 0 Å². The third-order valence-electron chi connectivity index (χ3n) is 6.58. The van der Waals surface area contributed by atoms with E-state index in [0.717, 1.165) is 24.9 Å². The monoisotopic (exact) mass is 318 g/mol. The number of rotatable bonds is 8. The summed E-state index contributed by atoms with van der Waals surface area (Å²) in [7, 11) is 0. The lowest BCUT2D eigenvalue weighted by molar-refractivity contribution is -0.521. The SMILES string of the molecule is C=[N+](CC)CC(CC)/C1=C(\CCC)C(C2(C)CC2)CCCCC1. The fourth-order valence-electron chi connectivity index (χ4n) is 4.71. The maximum Gasteiger partial charge on any atom is 0.148 e. The summed E-state index contributed by atoms with van der Waals surface area (Å²) >= 11 is 0. The Morgan fingerprint density at radius 2 is 1.91 bits per heavy atom. The summed E-state index contributed by atoms with van der Waals surface area (Å²) in [6, 6.07) is 0. The molecule has 2 rings (SSSR count). The van der Waals surface area contributed by atoms with Crippen LogP contribution in [0.15, 0.2) is 11.1 Å². The first-order valence-corrected chi connectivity index (χ1v) is 10.3. The molecule has 0 aliphatic heterocycles. The van der Waals surface area contributed by atoms with Crippen molar-refractivity contribution in [3.63, 3.8) is 0 Å². The molecular weight excluding hydrogens is 278 g/mol. The molecule has 0 heterocycles. The zero-order valence-corrected chi connectivity index (χ0v) is 16.3. The Morgan fingerprint density at radius 3 is 2.48 bits per heavy atom. The standard InChI is InChI=1S/C22H40N/c1-6-12-20-19(18(7-2)17-23(5)8-3)13-10-9-11-14-21(20)22(4)15-16-22/h18,21H,5-17H2,1-4H3/q+1/b20-19+. The molecule has 0 N–H and O–H groups in total. The van der Waals surface area contributed by atoms with E-state index in [1.807, 2.05) is 11.1 Å². The smallest absolute Gasteiger partial charge is 0.148 e. The van der Waals surface area contributed by atoms with Crippen LogP contribution in [0.3, 0.4) is 0 Å². The Hall–Kier alpha value is -0.590. The second-order valence-corrected chi connectivity index (χ2v) is 8.38. The third kappa shape index (κ3) is 4.70. The number of hydrogen-bond acceptors (Lipinski definition) is 0. The average Bonchev–Trinajstić information content (AvgIpc) is 3.27. The van der Waals surface area contributed by atoms with Crippen LogP contribution in [0.1, 0.15) is 91.9 Å². The fourth-order valence-corrected chi connectivity index (χ4v) is 4.71. The van der Waals surface area contributed by atoms with E-state index in [9.17, 15) is 0 Å². The van der Waals surface area contributed by atoms with Gasteiger partial charge in [0.1, 0.15) is 19.8 Å². The summed E-state index contributed by atoms with van der Waals surface area (Å²) in [6.07, 6.45) is 14.0. The Labute approximate surface area is 145 Å². The zero-order valence-electron chi connectivity index (χ0n) is 16.3. The molecule has 23 heavy (non-hydrogen) atoms. The molecule has 0 amide bonds. The van der Waals surface area contributed by atoms with Crippen LogP contribution in [-0.2, 0) is 0 Å². The van der Waals surface area contributed by atoms with Crippen LogP contribution in [0, 0.1) is 17.3 Å². The first-order valence-electron chi connectivity index (χ1n) is 10.3. The van der Waals surface area contributed by atoms with Gasteiger partial charge in [0.25, 0.3) is 0 Å². The Bertz CT molecular complexity index is 427. The van der Waals surface area contributed by atoms with Crippen LogP contribution in [0.25, 0.3) is 0 Å². The van der Waals surface area contributed by atoms with E-state index in [1.54, 1.807) is 0 Å². The van der Waals surface area contributed by atoms with Crippen molar-refractivity contribution >= 4 is 6.72 Å². The molecule has 0 bridgehead atoms. The molecule has 0 aromatic heterocycles. The first-order chi connectivity index (χ1) is 11.1. The van der Waals surface area contributed by atoms with Crippen LogP contribution in [0.4, 0.5) is 0 Å². The van der Waals surface area contributed by atoms with Crippen LogP contribution in [0.2, 0.25) is 0 Å². The second kappa shape index (κ2) is 8.49. The largest absolute Gasteiger partial charge is 0.242 e. The quantitative estimate of drug-likeness (QED) is 0.284. The molecule has 1 saturated carbocycles. The lowest BCUT2D eigenvalue weighted by atomic mass is 9.72. The van der Waals surface area contributed by atoms with Crippen molar-refractivity contribution in [3.8, 4) is 0 Å². The molecule has 0 spiro atoms.